The summed E-state index contributed by atoms with van der Waals surface area (Å²) in [7, 11) is 0. The van der Waals surface area contributed by atoms with Crippen molar-refractivity contribution in [3.05, 3.63) is 11.4 Å². The Morgan fingerprint density at radius 2 is 2.11 bits per heavy atom. The van der Waals surface area contributed by atoms with Crippen molar-refractivity contribution in [1.29, 1.82) is 0 Å². The van der Waals surface area contributed by atoms with Crippen LogP contribution in [-0.2, 0) is 16.1 Å². The Morgan fingerprint density at radius 3 is 2.74 bits per heavy atom. The lowest BCUT2D eigenvalue weighted by molar-refractivity contribution is -0.122. The van der Waals surface area contributed by atoms with E-state index in [1.807, 2.05) is 18.5 Å². The summed E-state index contributed by atoms with van der Waals surface area (Å²) in [5.41, 5.74) is 2.82. The number of anilines is 1. The van der Waals surface area contributed by atoms with E-state index in [4.69, 9.17) is 4.74 Å². The van der Waals surface area contributed by atoms with Crippen molar-refractivity contribution in [1.82, 2.24) is 9.78 Å². The van der Waals surface area contributed by atoms with E-state index in [0.29, 0.717) is 13.2 Å². The minimum Gasteiger partial charge on any atom is -0.381 e. The molecule has 0 aromatic carbocycles. The van der Waals surface area contributed by atoms with Crippen LogP contribution in [0.25, 0.3) is 0 Å². The van der Waals surface area contributed by atoms with E-state index in [9.17, 15) is 4.79 Å². The Hall–Kier alpha value is -1.36. The molecule has 1 aromatic heterocycles. The summed E-state index contributed by atoms with van der Waals surface area (Å²) in [6.07, 6.45) is 2.66. The van der Waals surface area contributed by atoms with Crippen LogP contribution in [-0.4, -0.2) is 28.9 Å². The van der Waals surface area contributed by atoms with E-state index < -0.39 is 0 Å². The zero-order chi connectivity index (χ0) is 13.8. The minimum absolute atomic E-state index is 0.0714. The molecule has 1 aliphatic rings. The van der Waals surface area contributed by atoms with Gasteiger partial charge in [0.05, 0.1) is 17.1 Å². The lowest BCUT2D eigenvalue weighted by Gasteiger charge is -2.21. The number of aromatic nitrogens is 2. The number of nitrogens with one attached hydrogen (secondary N) is 1. The molecule has 0 saturated carbocycles. The van der Waals surface area contributed by atoms with Crippen molar-refractivity contribution in [3.8, 4) is 0 Å². The first-order chi connectivity index (χ1) is 9.13. The van der Waals surface area contributed by atoms with Gasteiger partial charge in [-0.1, -0.05) is 6.92 Å². The molecule has 1 amide bonds. The van der Waals surface area contributed by atoms with Gasteiger partial charge in [-0.05, 0) is 33.1 Å². The number of amides is 1. The van der Waals surface area contributed by atoms with Gasteiger partial charge in [0.25, 0.3) is 0 Å². The second-order valence-electron chi connectivity index (χ2n) is 5.14. The number of hydrogen-bond acceptors (Lipinski definition) is 3. The largest absolute Gasteiger partial charge is 0.381 e. The summed E-state index contributed by atoms with van der Waals surface area (Å²) >= 11 is 0. The molecule has 5 nitrogen and oxygen atoms in total. The van der Waals surface area contributed by atoms with E-state index in [0.717, 1.165) is 42.9 Å². The van der Waals surface area contributed by atoms with Crippen molar-refractivity contribution in [3.63, 3.8) is 0 Å². The fourth-order valence-corrected chi connectivity index (χ4v) is 2.49. The maximum absolute atomic E-state index is 12.2. The highest BCUT2D eigenvalue weighted by molar-refractivity contribution is 5.93. The van der Waals surface area contributed by atoms with Crippen LogP contribution in [0.1, 0.15) is 37.6 Å². The standard InChI is InChI=1S/C14H23N3O2/c1-4-7-17-11(3)13(10(2)16-17)15-14(18)12-5-8-19-9-6-12/h12H,4-9H2,1-3H3,(H,15,18). The van der Waals surface area contributed by atoms with E-state index in [1.165, 1.54) is 0 Å². The number of carbonyl (C=O) groups excluding carboxylic acids is 1. The van der Waals surface area contributed by atoms with Gasteiger partial charge in [0.2, 0.25) is 5.91 Å². The SMILES string of the molecule is CCCn1nc(C)c(NC(=O)C2CCOCC2)c1C. The molecule has 1 saturated heterocycles. The van der Waals surface area contributed by atoms with Gasteiger partial charge in [-0.2, -0.15) is 5.10 Å². The van der Waals surface area contributed by atoms with Crippen LogP contribution in [0.5, 0.6) is 0 Å². The van der Waals surface area contributed by atoms with Crippen LogP contribution in [0.3, 0.4) is 0 Å². The maximum Gasteiger partial charge on any atom is 0.227 e. The van der Waals surface area contributed by atoms with E-state index in [2.05, 4.69) is 17.3 Å². The Bertz CT molecular complexity index is 448. The molecule has 0 aliphatic carbocycles. The Morgan fingerprint density at radius 1 is 1.42 bits per heavy atom. The Kier molecular flexibility index (Phi) is 4.58. The third kappa shape index (κ3) is 3.15. The minimum atomic E-state index is 0.0714. The molecule has 2 rings (SSSR count). The number of ether oxygens (including phenoxy) is 1. The third-order valence-corrected chi connectivity index (χ3v) is 3.66. The van der Waals surface area contributed by atoms with Crippen LogP contribution >= 0.6 is 0 Å². The number of nitrogens with zero attached hydrogens (tertiary/aromatic N) is 2. The van der Waals surface area contributed by atoms with Gasteiger partial charge in [0.15, 0.2) is 0 Å². The molecule has 2 heterocycles. The smallest absolute Gasteiger partial charge is 0.227 e. The van der Waals surface area contributed by atoms with Gasteiger partial charge in [-0.15, -0.1) is 0 Å². The molecule has 0 atom stereocenters. The topological polar surface area (TPSA) is 56.2 Å². The van der Waals surface area contributed by atoms with Gasteiger partial charge in [-0.25, -0.2) is 0 Å². The van der Waals surface area contributed by atoms with Crippen molar-refractivity contribution in [2.24, 2.45) is 5.92 Å². The maximum atomic E-state index is 12.2. The summed E-state index contributed by atoms with van der Waals surface area (Å²) in [5, 5.41) is 7.52. The van der Waals surface area contributed by atoms with Crippen molar-refractivity contribution >= 4 is 11.6 Å². The fourth-order valence-electron chi connectivity index (χ4n) is 2.49. The van der Waals surface area contributed by atoms with E-state index >= 15 is 0 Å². The molecular weight excluding hydrogens is 242 g/mol. The highest BCUT2D eigenvalue weighted by Crippen LogP contribution is 2.23. The molecule has 1 aromatic rings. The van der Waals surface area contributed by atoms with E-state index in [-0.39, 0.29) is 11.8 Å². The highest BCUT2D eigenvalue weighted by Gasteiger charge is 2.23. The average molecular weight is 265 g/mol. The summed E-state index contributed by atoms with van der Waals surface area (Å²) in [5.74, 6) is 0.174. The second-order valence-corrected chi connectivity index (χ2v) is 5.14. The third-order valence-electron chi connectivity index (χ3n) is 3.66. The molecule has 0 spiro atoms. The fraction of sp³-hybridized carbons (Fsp3) is 0.714. The van der Waals surface area contributed by atoms with Crippen molar-refractivity contribution < 1.29 is 9.53 Å². The second kappa shape index (κ2) is 6.19. The molecule has 1 N–H and O–H groups in total. The van der Waals surface area contributed by atoms with Gasteiger partial charge >= 0.3 is 0 Å². The lowest BCUT2D eigenvalue weighted by atomic mass is 9.99. The van der Waals surface area contributed by atoms with Gasteiger partial charge in [0.1, 0.15) is 0 Å². The molecule has 19 heavy (non-hydrogen) atoms. The highest BCUT2D eigenvalue weighted by atomic mass is 16.5. The normalized spacial score (nSPS) is 16.6. The predicted octanol–water partition coefficient (Wildman–Crippen LogP) is 2.28. The summed E-state index contributed by atoms with van der Waals surface area (Å²) < 4.78 is 7.25. The van der Waals surface area contributed by atoms with Crippen LogP contribution in [0.2, 0.25) is 0 Å². The molecular formula is C14H23N3O2. The molecule has 106 valence electrons. The zero-order valence-electron chi connectivity index (χ0n) is 12.0. The monoisotopic (exact) mass is 265 g/mol. The molecule has 0 unspecified atom stereocenters. The van der Waals surface area contributed by atoms with Gasteiger partial charge < -0.3 is 10.1 Å². The first-order valence-corrected chi connectivity index (χ1v) is 7.06. The predicted molar refractivity (Wildman–Crippen MR) is 74.2 cm³/mol. The lowest BCUT2D eigenvalue weighted by Crippen LogP contribution is -2.28. The number of carbonyl (C=O) groups is 1. The average Bonchev–Trinajstić information content (AvgIpc) is 2.68. The van der Waals surface area contributed by atoms with Crippen LogP contribution in [0.4, 0.5) is 5.69 Å². The van der Waals surface area contributed by atoms with Gasteiger partial charge in [-0.3, -0.25) is 9.48 Å². The molecule has 1 aliphatic heterocycles. The first-order valence-electron chi connectivity index (χ1n) is 7.06. The van der Waals surface area contributed by atoms with Crippen LogP contribution in [0.15, 0.2) is 0 Å². The molecule has 1 fully saturated rings. The first kappa shape index (κ1) is 14.1. The number of rotatable bonds is 4. The van der Waals surface area contributed by atoms with Crippen molar-refractivity contribution in [2.75, 3.05) is 18.5 Å². The Labute approximate surface area is 114 Å². The molecule has 5 heteroatoms. The van der Waals surface area contributed by atoms with E-state index in [1.54, 1.807) is 0 Å². The number of hydrogen-bond donors (Lipinski definition) is 1. The van der Waals surface area contributed by atoms with Crippen molar-refractivity contribution in [2.45, 2.75) is 46.6 Å². The summed E-state index contributed by atoms with van der Waals surface area (Å²) in [6, 6.07) is 0. The molecule has 0 bridgehead atoms. The quantitative estimate of drug-likeness (QED) is 0.908. The Balaban J connectivity index is 2.07. The van der Waals surface area contributed by atoms with Crippen LogP contribution in [0, 0.1) is 19.8 Å². The van der Waals surface area contributed by atoms with Gasteiger partial charge in [0, 0.05) is 25.7 Å². The summed E-state index contributed by atoms with van der Waals surface area (Å²) in [6.45, 7) is 8.33. The van der Waals surface area contributed by atoms with Crippen LogP contribution < -0.4 is 5.32 Å². The summed E-state index contributed by atoms with van der Waals surface area (Å²) in [4.78, 5) is 12.2. The molecule has 0 radical (unpaired) electrons. The number of aryl methyl sites for hydroxylation is 2. The zero-order valence-corrected chi connectivity index (χ0v) is 12.0.